The van der Waals surface area contributed by atoms with Gasteiger partial charge < -0.3 is 5.32 Å². The zero-order valence-corrected chi connectivity index (χ0v) is 16.8. The largest absolute Gasteiger partial charge is 0.361 e. The van der Waals surface area contributed by atoms with E-state index in [9.17, 15) is 14.4 Å². The highest BCUT2D eigenvalue weighted by atomic mass is 16.1. The SMILES string of the molecule is CC1(C)[C@@H]2CC[C@@]1(C)C(=O)/C2=C\Nc1ccc2c(c1)C(=O)c1ccccc1C2=O. The molecule has 5 rings (SSSR count). The Labute approximate surface area is 170 Å². The van der Waals surface area contributed by atoms with E-state index in [2.05, 4.69) is 26.1 Å². The first-order valence-corrected chi connectivity index (χ1v) is 10.1. The number of benzene rings is 2. The molecular weight excluding hydrogens is 362 g/mol. The highest BCUT2D eigenvalue weighted by Gasteiger charge is 2.63. The van der Waals surface area contributed by atoms with Crippen LogP contribution in [0.5, 0.6) is 0 Å². The smallest absolute Gasteiger partial charge is 0.194 e. The quantitative estimate of drug-likeness (QED) is 0.645. The van der Waals surface area contributed by atoms with Gasteiger partial charge in [-0.3, -0.25) is 14.4 Å². The number of carbonyl (C=O) groups is 3. The zero-order chi connectivity index (χ0) is 20.6. The average molecular weight is 385 g/mol. The van der Waals surface area contributed by atoms with Gasteiger partial charge in [0, 0.05) is 45.1 Å². The average Bonchev–Trinajstić information content (AvgIpc) is 3.03. The Morgan fingerprint density at radius 1 is 0.897 bits per heavy atom. The van der Waals surface area contributed by atoms with Crippen molar-refractivity contribution in [2.45, 2.75) is 33.6 Å². The molecule has 4 nitrogen and oxygen atoms in total. The van der Waals surface area contributed by atoms with E-state index in [0.29, 0.717) is 27.9 Å². The number of hydrogen-bond donors (Lipinski definition) is 1. The fraction of sp³-hybridized carbons (Fsp3) is 0.320. The van der Waals surface area contributed by atoms with Crippen molar-refractivity contribution in [1.82, 2.24) is 0 Å². The molecule has 3 aliphatic rings. The maximum Gasteiger partial charge on any atom is 0.194 e. The summed E-state index contributed by atoms with van der Waals surface area (Å²) in [5, 5.41) is 3.22. The normalized spacial score (nSPS) is 27.9. The summed E-state index contributed by atoms with van der Waals surface area (Å²) in [7, 11) is 0. The first-order chi connectivity index (χ1) is 13.8. The van der Waals surface area contributed by atoms with E-state index in [4.69, 9.17) is 0 Å². The predicted molar refractivity (Wildman–Crippen MR) is 111 cm³/mol. The lowest BCUT2D eigenvalue weighted by Crippen LogP contribution is -2.32. The molecule has 2 bridgehead atoms. The van der Waals surface area contributed by atoms with Crippen LogP contribution in [0.15, 0.2) is 54.2 Å². The minimum absolute atomic E-state index is 0.0421. The van der Waals surface area contributed by atoms with Crippen molar-refractivity contribution in [3.63, 3.8) is 0 Å². The van der Waals surface area contributed by atoms with Crippen molar-refractivity contribution < 1.29 is 14.4 Å². The van der Waals surface area contributed by atoms with Gasteiger partial charge in [-0.05, 0) is 42.4 Å². The summed E-state index contributed by atoms with van der Waals surface area (Å²) in [5.74, 6) is 0.207. The first-order valence-electron chi connectivity index (χ1n) is 10.1. The minimum atomic E-state index is -0.298. The van der Waals surface area contributed by atoms with Gasteiger partial charge in [0.05, 0.1) is 0 Å². The van der Waals surface area contributed by atoms with E-state index in [1.165, 1.54) is 0 Å². The fourth-order valence-corrected chi connectivity index (χ4v) is 5.44. The molecule has 0 amide bonds. The van der Waals surface area contributed by atoms with E-state index < -0.39 is 0 Å². The van der Waals surface area contributed by atoms with Crippen LogP contribution < -0.4 is 5.32 Å². The van der Waals surface area contributed by atoms with Crippen LogP contribution in [0.4, 0.5) is 5.69 Å². The molecule has 0 spiro atoms. The van der Waals surface area contributed by atoms with E-state index >= 15 is 0 Å². The standard InChI is InChI=1S/C25H23NO3/c1-24(2)20-10-11-25(24,3)23(29)19(20)13-26-14-8-9-17-18(12-14)22(28)16-7-5-4-6-15(16)21(17)27/h4-9,12-13,20,26H,10-11H2,1-3H3/b19-13-/t20-,25+/m1/s1. The Morgan fingerprint density at radius 3 is 2.14 bits per heavy atom. The molecule has 2 saturated carbocycles. The van der Waals surface area contributed by atoms with Crippen molar-refractivity contribution in [2.24, 2.45) is 16.7 Å². The number of hydrogen-bond acceptors (Lipinski definition) is 4. The monoisotopic (exact) mass is 385 g/mol. The van der Waals surface area contributed by atoms with E-state index in [0.717, 1.165) is 18.4 Å². The summed E-state index contributed by atoms with van der Waals surface area (Å²) in [6.07, 6.45) is 3.77. The first kappa shape index (κ1) is 18.0. The molecule has 0 saturated heterocycles. The van der Waals surface area contributed by atoms with Gasteiger partial charge in [0.2, 0.25) is 0 Å². The molecule has 0 aromatic heterocycles. The summed E-state index contributed by atoms with van der Waals surface area (Å²) < 4.78 is 0. The number of allylic oxidation sites excluding steroid dienone is 1. The van der Waals surface area contributed by atoms with Crippen LogP contribution in [-0.2, 0) is 4.79 Å². The van der Waals surface area contributed by atoms with Gasteiger partial charge in [-0.15, -0.1) is 0 Å². The van der Waals surface area contributed by atoms with Crippen LogP contribution in [0.2, 0.25) is 0 Å². The molecule has 0 aliphatic heterocycles. The molecule has 1 N–H and O–H groups in total. The Balaban J connectivity index is 1.48. The number of rotatable bonds is 2. The lowest BCUT2D eigenvalue weighted by Gasteiger charge is -2.31. The minimum Gasteiger partial charge on any atom is -0.361 e. The second-order valence-electron chi connectivity index (χ2n) is 9.18. The number of ketones is 3. The van der Waals surface area contributed by atoms with E-state index in [1.807, 2.05) is 6.20 Å². The molecule has 146 valence electrons. The Kier molecular flexibility index (Phi) is 3.58. The summed E-state index contributed by atoms with van der Waals surface area (Å²) in [6, 6.07) is 12.1. The van der Waals surface area contributed by atoms with Gasteiger partial charge in [0.25, 0.3) is 0 Å². The van der Waals surface area contributed by atoms with Crippen molar-refractivity contribution in [2.75, 3.05) is 5.32 Å². The van der Waals surface area contributed by atoms with Crippen LogP contribution in [0, 0.1) is 16.7 Å². The summed E-state index contributed by atoms with van der Waals surface area (Å²) in [6.45, 7) is 6.45. The van der Waals surface area contributed by atoms with E-state index in [1.54, 1.807) is 42.5 Å². The second-order valence-corrected chi connectivity index (χ2v) is 9.18. The maximum atomic E-state index is 13.0. The van der Waals surface area contributed by atoms with Crippen LogP contribution in [0.25, 0.3) is 0 Å². The number of fused-ring (bicyclic) bond motifs is 4. The summed E-state index contributed by atoms with van der Waals surface area (Å²) in [5.41, 5.74) is 2.94. The van der Waals surface area contributed by atoms with Crippen LogP contribution in [0.1, 0.15) is 65.5 Å². The fourth-order valence-electron chi connectivity index (χ4n) is 5.44. The van der Waals surface area contributed by atoms with Crippen molar-refractivity contribution >= 4 is 23.0 Å². The van der Waals surface area contributed by atoms with Crippen molar-refractivity contribution in [1.29, 1.82) is 0 Å². The third-order valence-corrected chi connectivity index (χ3v) is 7.68. The van der Waals surface area contributed by atoms with Crippen molar-refractivity contribution in [3.8, 4) is 0 Å². The van der Waals surface area contributed by atoms with Gasteiger partial charge in [-0.25, -0.2) is 0 Å². The predicted octanol–water partition coefficient (Wildman–Crippen LogP) is 4.78. The number of carbonyl (C=O) groups excluding carboxylic acids is 3. The third kappa shape index (κ3) is 2.23. The molecule has 2 atom stereocenters. The maximum absolute atomic E-state index is 13.0. The topological polar surface area (TPSA) is 63.2 Å². The molecule has 29 heavy (non-hydrogen) atoms. The number of Topliss-reactive ketones (excluding diaryl/α,β-unsaturated/α-hetero) is 1. The highest BCUT2D eigenvalue weighted by Crippen LogP contribution is 2.65. The number of anilines is 1. The molecule has 0 radical (unpaired) electrons. The van der Waals surface area contributed by atoms with Crippen molar-refractivity contribution in [3.05, 3.63) is 76.5 Å². The zero-order valence-electron chi connectivity index (χ0n) is 16.8. The lowest BCUT2D eigenvalue weighted by molar-refractivity contribution is -0.125. The third-order valence-electron chi connectivity index (χ3n) is 7.68. The van der Waals surface area contributed by atoms with Gasteiger partial charge in [0.1, 0.15) is 0 Å². The van der Waals surface area contributed by atoms with Gasteiger partial charge >= 0.3 is 0 Å². The summed E-state index contributed by atoms with van der Waals surface area (Å²) in [4.78, 5) is 38.6. The molecular formula is C25H23NO3. The summed E-state index contributed by atoms with van der Waals surface area (Å²) >= 11 is 0. The molecule has 2 aromatic rings. The van der Waals surface area contributed by atoms with Crippen LogP contribution in [-0.4, -0.2) is 17.3 Å². The van der Waals surface area contributed by atoms with E-state index in [-0.39, 0.29) is 34.1 Å². The Morgan fingerprint density at radius 2 is 1.52 bits per heavy atom. The van der Waals surface area contributed by atoms with Gasteiger partial charge in [-0.2, -0.15) is 0 Å². The molecule has 4 heteroatoms. The second kappa shape index (κ2) is 5.76. The number of nitrogens with one attached hydrogen (secondary N) is 1. The van der Waals surface area contributed by atoms with Crippen LogP contribution in [0.3, 0.4) is 0 Å². The van der Waals surface area contributed by atoms with Crippen LogP contribution >= 0.6 is 0 Å². The molecule has 2 fully saturated rings. The molecule has 0 unspecified atom stereocenters. The lowest BCUT2D eigenvalue weighted by atomic mass is 9.70. The highest BCUT2D eigenvalue weighted by molar-refractivity contribution is 6.28. The Hall–Kier alpha value is -3.01. The Bertz CT molecular complexity index is 1140. The molecule has 3 aliphatic carbocycles. The molecule has 2 aromatic carbocycles. The molecule has 0 heterocycles. The van der Waals surface area contributed by atoms with Gasteiger partial charge in [-0.1, -0.05) is 45.0 Å². The van der Waals surface area contributed by atoms with Gasteiger partial charge in [0.15, 0.2) is 17.3 Å².